The van der Waals surface area contributed by atoms with Crippen LogP contribution in [0.25, 0.3) is 6.08 Å². The summed E-state index contributed by atoms with van der Waals surface area (Å²) in [5, 5.41) is 0.824. The fourth-order valence-electron chi connectivity index (χ4n) is 3.09. The quantitative estimate of drug-likeness (QED) is 0.478. The van der Waals surface area contributed by atoms with E-state index in [9.17, 15) is 14.4 Å². The number of amides is 3. The SMILES string of the molecule is O=C(CN1C(=O)S/C(=C/c2cc(Br)c(Sc3ccc(Cl)cc3)o2)C1=O)N1CCCC1. The summed E-state index contributed by atoms with van der Waals surface area (Å²) in [4.78, 5) is 41.1. The van der Waals surface area contributed by atoms with Gasteiger partial charge in [-0.3, -0.25) is 19.3 Å². The maximum absolute atomic E-state index is 12.7. The molecule has 0 spiro atoms. The zero-order valence-electron chi connectivity index (χ0n) is 15.6. The van der Waals surface area contributed by atoms with E-state index in [4.69, 9.17) is 16.0 Å². The molecular formula is C20H16BrClN2O4S2. The standard InChI is InChI=1S/C20H16BrClN2O4S2/c21-15-9-13(28-19(15)29-14-5-3-12(22)4-6-14)10-16-18(26)24(20(27)30-16)11-17(25)23-7-1-2-8-23/h3-6,9-10H,1-2,7-8,11H2/b16-10+. The first-order chi connectivity index (χ1) is 14.4. The lowest BCUT2D eigenvalue weighted by molar-refractivity contribution is -0.135. The first-order valence-corrected chi connectivity index (χ1v) is 12.0. The van der Waals surface area contributed by atoms with E-state index in [1.807, 2.05) is 12.1 Å². The summed E-state index contributed by atoms with van der Waals surface area (Å²) in [6, 6.07) is 9.08. The molecule has 2 aliphatic heterocycles. The van der Waals surface area contributed by atoms with Crippen molar-refractivity contribution in [1.29, 1.82) is 0 Å². The average Bonchev–Trinajstić information content (AvgIpc) is 3.42. The molecule has 3 heterocycles. The third kappa shape index (κ3) is 4.80. The van der Waals surface area contributed by atoms with Crippen molar-refractivity contribution in [2.75, 3.05) is 19.6 Å². The zero-order chi connectivity index (χ0) is 21.3. The molecule has 1 aromatic heterocycles. The van der Waals surface area contributed by atoms with E-state index in [1.54, 1.807) is 23.1 Å². The van der Waals surface area contributed by atoms with Crippen LogP contribution in [0.4, 0.5) is 4.79 Å². The molecule has 3 amide bonds. The molecule has 2 aliphatic rings. The van der Waals surface area contributed by atoms with Crippen LogP contribution in [0.3, 0.4) is 0 Å². The van der Waals surface area contributed by atoms with E-state index >= 15 is 0 Å². The molecule has 4 rings (SSSR count). The highest BCUT2D eigenvalue weighted by Crippen LogP contribution is 2.38. The molecule has 0 unspecified atom stereocenters. The van der Waals surface area contributed by atoms with Crippen LogP contribution in [0, 0.1) is 0 Å². The number of halogens is 2. The van der Waals surface area contributed by atoms with Crippen molar-refractivity contribution in [2.24, 2.45) is 0 Å². The molecule has 6 nitrogen and oxygen atoms in total. The number of hydrogen-bond donors (Lipinski definition) is 0. The minimum absolute atomic E-state index is 0.196. The Morgan fingerprint density at radius 2 is 1.93 bits per heavy atom. The molecule has 0 saturated carbocycles. The molecule has 2 aromatic rings. The topological polar surface area (TPSA) is 70.8 Å². The first-order valence-electron chi connectivity index (χ1n) is 9.16. The second kappa shape index (κ2) is 9.21. The number of likely N-dealkylation sites (tertiary alicyclic amines) is 1. The van der Waals surface area contributed by atoms with E-state index in [0.29, 0.717) is 29.0 Å². The van der Waals surface area contributed by atoms with Crippen molar-refractivity contribution >= 4 is 74.2 Å². The van der Waals surface area contributed by atoms with Crippen LogP contribution < -0.4 is 0 Å². The highest BCUT2D eigenvalue weighted by molar-refractivity contribution is 9.10. The summed E-state index contributed by atoms with van der Waals surface area (Å²) in [6.07, 6.45) is 3.44. The van der Waals surface area contributed by atoms with Gasteiger partial charge < -0.3 is 9.32 Å². The summed E-state index contributed by atoms with van der Waals surface area (Å²) in [7, 11) is 0. The van der Waals surface area contributed by atoms with Crippen LogP contribution in [-0.2, 0) is 9.59 Å². The van der Waals surface area contributed by atoms with Crippen LogP contribution in [0.15, 0.2) is 54.1 Å². The van der Waals surface area contributed by atoms with Crippen LogP contribution in [0.5, 0.6) is 0 Å². The molecule has 0 atom stereocenters. The Kier molecular flexibility index (Phi) is 6.62. The van der Waals surface area contributed by atoms with Gasteiger partial charge in [-0.05, 0) is 70.9 Å². The number of carbonyl (C=O) groups excluding carboxylic acids is 3. The van der Waals surface area contributed by atoms with Crippen molar-refractivity contribution in [1.82, 2.24) is 9.80 Å². The third-order valence-corrected chi connectivity index (χ3v) is 7.61. The summed E-state index contributed by atoms with van der Waals surface area (Å²) < 4.78 is 6.56. The number of imide groups is 1. The minimum Gasteiger partial charge on any atom is -0.449 e. The Balaban J connectivity index is 1.46. The predicted molar refractivity (Wildman–Crippen MR) is 120 cm³/mol. The third-order valence-electron chi connectivity index (χ3n) is 4.60. The van der Waals surface area contributed by atoms with Crippen molar-refractivity contribution in [2.45, 2.75) is 22.8 Å². The summed E-state index contributed by atoms with van der Waals surface area (Å²) in [5.74, 6) is -0.231. The highest BCUT2D eigenvalue weighted by atomic mass is 79.9. The molecule has 0 radical (unpaired) electrons. The molecule has 2 saturated heterocycles. The molecule has 0 aliphatic carbocycles. The van der Waals surface area contributed by atoms with Crippen molar-refractivity contribution in [3.05, 3.63) is 50.5 Å². The van der Waals surface area contributed by atoms with Crippen molar-refractivity contribution in [3.8, 4) is 0 Å². The van der Waals surface area contributed by atoms with Crippen LogP contribution >= 0.6 is 51.1 Å². The monoisotopic (exact) mass is 526 g/mol. The van der Waals surface area contributed by atoms with Crippen LogP contribution in [0.1, 0.15) is 18.6 Å². The number of thioether (sulfide) groups is 1. The lowest BCUT2D eigenvalue weighted by Gasteiger charge is -2.18. The fraction of sp³-hybridized carbons (Fsp3) is 0.250. The molecule has 1 aromatic carbocycles. The van der Waals surface area contributed by atoms with E-state index in [-0.39, 0.29) is 17.4 Å². The van der Waals surface area contributed by atoms with Gasteiger partial charge in [-0.25, -0.2) is 0 Å². The largest absolute Gasteiger partial charge is 0.449 e. The smallest absolute Gasteiger partial charge is 0.294 e. The lowest BCUT2D eigenvalue weighted by Crippen LogP contribution is -2.40. The Morgan fingerprint density at radius 3 is 2.63 bits per heavy atom. The number of carbonyl (C=O) groups is 3. The maximum atomic E-state index is 12.7. The Morgan fingerprint density at radius 1 is 1.23 bits per heavy atom. The first kappa shape index (κ1) is 21.5. The van der Waals surface area contributed by atoms with Gasteiger partial charge in [-0.1, -0.05) is 23.4 Å². The molecule has 0 bridgehead atoms. The van der Waals surface area contributed by atoms with Gasteiger partial charge >= 0.3 is 0 Å². The van der Waals surface area contributed by atoms with Gasteiger partial charge in [-0.2, -0.15) is 0 Å². The van der Waals surface area contributed by atoms with Gasteiger partial charge in [0.25, 0.3) is 11.1 Å². The second-order valence-electron chi connectivity index (χ2n) is 6.70. The highest BCUT2D eigenvalue weighted by Gasteiger charge is 2.37. The number of furan rings is 1. The van der Waals surface area contributed by atoms with E-state index in [2.05, 4.69) is 15.9 Å². The van der Waals surface area contributed by atoms with E-state index < -0.39 is 11.1 Å². The van der Waals surface area contributed by atoms with Crippen molar-refractivity contribution in [3.63, 3.8) is 0 Å². The molecule has 0 N–H and O–H groups in total. The molecule has 2 fully saturated rings. The summed E-state index contributed by atoms with van der Waals surface area (Å²) in [6.45, 7) is 1.14. The van der Waals surface area contributed by atoms with Crippen LogP contribution in [-0.4, -0.2) is 46.5 Å². The zero-order valence-corrected chi connectivity index (χ0v) is 19.6. The van der Waals surface area contributed by atoms with Gasteiger partial charge in [0.1, 0.15) is 12.3 Å². The average molecular weight is 528 g/mol. The van der Waals surface area contributed by atoms with Gasteiger partial charge in [0.15, 0.2) is 5.09 Å². The summed E-state index contributed by atoms with van der Waals surface area (Å²) >= 11 is 11.6. The van der Waals surface area contributed by atoms with Crippen molar-refractivity contribution < 1.29 is 18.8 Å². The summed E-state index contributed by atoms with van der Waals surface area (Å²) in [5.41, 5.74) is 0. The van der Waals surface area contributed by atoms with Gasteiger partial charge in [0, 0.05) is 29.1 Å². The minimum atomic E-state index is -0.475. The molecule has 156 valence electrons. The molecule has 10 heteroatoms. The normalized spacial score (nSPS) is 18.1. The Hall–Kier alpha value is -1.68. The number of hydrogen-bond acceptors (Lipinski definition) is 6. The number of rotatable bonds is 5. The molecule has 30 heavy (non-hydrogen) atoms. The maximum Gasteiger partial charge on any atom is 0.294 e. The Labute approximate surface area is 195 Å². The van der Waals surface area contributed by atoms with Crippen LogP contribution in [0.2, 0.25) is 5.02 Å². The Bertz CT molecular complexity index is 1030. The van der Waals surface area contributed by atoms with E-state index in [0.717, 1.165) is 38.9 Å². The van der Waals surface area contributed by atoms with Gasteiger partial charge in [0.2, 0.25) is 5.91 Å². The van der Waals surface area contributed by atoms with Gasteiger partial charge in [0.05, 0.1) is 9.38 Å². The second-order valence-corrected chi connectivity index (χ2v) is 10.0. The molecular weight excluding hydrogens is 512 g/mol. The fourth-order valence-corrected chi connectivity index (χ4v) is 5.36. The lowest BCUT2D eigenvalue weighted by atomic mass is 10.3. The van der Waals surface area contributed by atoms with E-state index in [1.165, 1.54) is 17.8 Å². The predicted octanol–water partition coefficient (Wildman–Crippen LogP) is 5.51. The number of nitrogens with zero attached hydrogens (tertiary/aromatic N) is 2. The van der Waals surface area contributed by atoms with Gasteiger partial charge in [-0.15, -0.1) is 0 Å². The number of benzene rings is 1.